The van der Waals surface area contributed by atoms with Crippen LogP contribution in [0.1, 0.15) is 26.2 Å². The third-order valence-electron chi connectivity index (χ3n) is 5.02. The Balaban J connectivity index is 1.34. The quantitative estimate of drug-likeness (QED) is 0.644. The number of hydrogen-bond acceptors (Lipinski definition) is 6. The molecule has 1 aromatic rings. The van der Waals surface area contributed by atoms with Crippen LogP contribution in [0, 0.1) is 11.8 Å². The normalized spacial score (nSPS) is 19.0. The van der Waals surface area contributed by atoms with Crippen molar-refractivity contribution >= 4 is 5.91 Å². The molecule has 1 fully saturated rings. The Morgan fingerprint density at radius 1 is 1.35 bits per heavy atom. The monoisotopic (exact) mass is 364 g/mol. The van der Waals surface area contributed by atoms with Crippen molar-refractivity contribution < 1.29 is 24.1 Å². The van der Waals surface area contributed by atoms with Crippen molar-refractivity contribution in [1.82, 2.24) is 10.6 Å². The van der Waals surface area contributed by atoms with Gasteiger partial charge in [-0.15, -0.1) is 0 Å². The Hall–Kier alpha value is -1.99. The smallest absolute Gasteiger partial charge is 0.231 e. The molecule has 0 spiro atoms. The van der Waals surface area contributed by atoms with Crippen LogP contribution in [0.4, 0.5) is 0 Å². The first kappa shape index (κ1) is 18.8. The van der Waals surface area contributed by atoms with E-state index >= 15 is 0 Å². The number of benzene rings is 1. The number of aliphatic hydroxyl groups is 1. The number of hydrogen-bond donors (Lipinski definition) is 3. The fraction of sp³-hybridized carbons (Fsp3) is 0.632. The van der Waals surface area contributed by atoms with Crippen LogP contribution in [-0.4, -0.2) is 50.2 Å². The van der Waals surface area contributed by atoms with Crippen molar-refractivity contribution in [3.05, 3.63) is 18.2 Å². The molecular formula is C19H28N2O5. The number of fused-ring (bicyclic) bond motifs is 1. The number of ether oxygens (including phenoxy) is 3. The average molecular weight is 364 g/mol. The molecule has 0 aliphatic carbocycles. The van der Waals surface area contributed by atoms with Crippen LogP contribution in [0.2, 0.25) is 0 Å². The third-order valence-corrected chi connectivity index (χ3v) is 5.02. The lowest BCUT2D eigenvalue weighted by Crippen LogP contribution is -2.37. The first-order chi connectivity index (χ1) is 12.6. The summed E-state index contributed by atoms with van der Waals surface area (Å²) in [4.78, 5) is 12.1. The van der Waals surface area contributed by atoms with Gasteiger partial charge < -0.3 is 30.0 Å². The molecule has 1 saturated heterocycles. The number of nitrogens with one attached hydrogen (secondary N) is 2. The minimum atomic E-state index is -0.765. The highest BCUT2D eigenvalue weighted by atomic mass is 16.7. The van der Waals surface area contributed by atoms with E-state index in [1.807, 2.05) is 0 Å². The van der Waals surface area contributed by atoms with Crippen molar-refractivity contribution in [3.63, 3.8) is 0 Å². The van der Waals surface area contributed by atoms with Crippen LogP contribution < -0.4 is 24.8 Å². The number of carbonyl (C=O) groups is 1. The Morgan fingerprint density at radius 2 is 2.12 bits per heavy atom. The van der Waals surface area contributed by atoms with Gasteiger partial charge >= 0.3 is 0 Å². The van der Waals surface area contributed by atoms with Gasteiger partial charge in [0, 0.05) is 19.0 Å². The molecule has 0 aromatic heterocycles. The summed E-state index contributed by atoms with van der Waals surface area (Å²) in [6.45, 7) is 4.70. The van der Waals surface area contributed by atoms with Crippen molar-refractivity contribution in [2.45, 2.75) is 32.3 Å². The van der Waals surface area contributed by atoms with Gasteiger partial charge in [-0.3, -0.25) is 4.79 Å². The van der Waals surface area contributed by atoms with Crippen LogP contribution in [0.5, 0.6) is 17.2 Å². The van der Waals surface area contributed by atoms with E-state index in [1.54, 1.807) is 18.2 Å². The highest BCUT2D eigenvalue weighted by Crippen LogP contribution is 2.35. The lowest BCUT2D eigenvalue weighted by atomic mass is 9.84. The summed E-state index contributed by atoms with van der Waals surface area (Å²) >= 11 is 0. The topological polar surface area (TPSA) is 89.1 Å². The first-order valence-corrected chi connectivity index (χ1v) is 9.29. The van der Waals surface area contributed by atoms with Gasteiger partial charge in [0.15, 0.2) is 11.5 Å². The summed E-state index contributed by atoms with van der Waals surface area (Å²) in [6.07, 6.45) is 1.99. The first-order valence-electron chi connectivity index (χ1n) is 9.29. The Labute approximate surface area is 154 Å². The molecule has 3 N–H and O–H groups in total. The average Bonchev–Trinajstić information content (AvgIpc) is 3.13. The van der Waals surface area contributed by atoms with E-state index in [-0.39, 0.29) is 25.9 Å². The predicted octanol–water partition coefficient (Wildman–Crippen LogP) is 1.30. The van der Waals surface area contributed by atoms with Gasteiger partial charge in [-0.25, -0.2) is 0 Å². The van der Waals surface area contributed by atoms with Gasteiger partial charge in [0.2, 0.25) is 12.7 Å². The molecule has 2 aliphatic heterocycles. The van der Waals surface area contributed by atoms with E-state index < -0.39 is 6.10 Å². The summed E-state index contributed by atoms with van der Waals surface area (Å²) in [5.41, 5.74) is 0. The zero-order chi connectivity index (χ0) is 18.4. The largest absolute Gasteiger partial charge is 0.491 e. The highest BCUT2D eigenvalue weighted by molar-refractivity contribution is 5.76. The van der Waals surface area contributed by atoms with E-state index in [0.717, 1.165) is 25.9 Å². The molecule has 144 valence electrons. The van der Waals surface area contributed by atoms with Crippen LogP contribution >= 0.6 is 0 Å². The van der Waals surface area contributed by atoms with E-state index in [4.69, 9.17) is 14.2 Å². The molecule has 2 aliphatic rings. The molecule has 2 heterocycles. The van der Waals surface area contributed by atoms with Crippen molar-refractivity contribution in [3.8, 4) is 17.2 Å². The summed E-state index contributed by atoms with van der Waals surface area (Å²) in [6, 6.07) is 5.27. The van der Waals surface area contributed by atoms with Gasteiger partial charge in [0.25, 0.3) is 0 Å². The number of carbonyl (C=O) groups excluding carboxylic acids is 1. The van der Waals surface area contributed by atoms with Gasteiger partial charge in [0.05, 0.1) is 0 Å². The zero-order valence-corrected chi connectivity index (χ0v) is 15.2. The van der Waals surface area contributed by atoms with E-state index in [9.17, 15) is 9.90 Å². The molecule has 0 bridgehead atoms. The van der Waals surface area contributed by atoms with Crippen LogP contribution in [0.3, 0.4) is 0 Å². The molecule has 26 heavy (non-hydrogen) atoms. The summed E-state index contributed by atoms with van der Waals surface area (Å²) in [7, 11) is 0. The van der Waals surface area contributed by atoms with E-state index in [2.05, 4.69) is 17.6 Å². The highest BCUT2D eigenvalue weighted by Gasteiger charge is 2.22. The SMILES string of the molecule is CC(CC(=O)NCC(O)COc1ccc2c(c1)OCO2)C1CCNCC1. The molecular weight excluding hydrogens is 336 g/mol. The molecule has 7 heteroatoms. The van der Waals surface area contributed by atoms with E-state index in [0.29, 0.717) is 35.5 Å². The number of rotatable bonds is 8. The van der Waals surface area contributed by atoms with Crippen molar-refractivity contribution in [2.75, 3.05) is 33.0 Å². The maximum absolute atomic E-state index is 12.1. The Morgan fingerprint density at radius 3 is 2.92 bits per heavy atom. The fourth-order valence-corrected chi connectivity index (χ4v) is 3.39. The maximum atomic E-state index is 12.1. The maximum Gasteiger partial charge on any atom is 0.231 e. The lowest BCUT2D eigenvalue weighted by Gasteiger charge is -2.28. The summed E-state index contributed by atoms with van der Waals surface area (Å²) in [5, 5.41) is 16.2. The standard InChI is InChI=1S/C19H28N2O5/c1-13(14-4-6-20-7-5-14)8-19(23)21-10-15(22)11-24-16-2-3-17-18(9-16)26-12-25-17/h2-3,9,13-15,20,22H,4-8,10-12H2,1H3,(H,21,23). The lowest BCUT2D eigenvalue weighted by molar-refractivity contribution is -0.122. The number of amides is 1. The molecule has 0 saturated carbocycles. The van der Waals surface area contributed by atoms with Gasteiger partial charge in [-0.05, 0) is 49.9 Å². The van der Waals surface area contributed by atoms with Gasteiger partial charge in [0.1, 0.15) is 18.5 Å². The van der Waals surface area contributed by atoms with Crippen molar-refractivity contribution in [1.29, 1.82) is 0 Å². The fourth-order valence-electron chi connectivity index (χ4n) is 3.39. The molecule has 0 radical (unpaired) electrons. The second-order valence-electron chi connectivity index (χ2n) is 7.05. The van der Waals surface area contributed by atoms with Crippen LogP contribution in [0.15, 0.2) is 18.2 Å². The zero-order valence-electron chi connectivity index (χ0n) is 15.2. The van der Waals surface area contributed by atoms with Gasteiger partial charge in [-0.2, -0.15) is 0 Å². The minimum absolute atomic E-state index is 0.0156. The second kappa shape index (κ2) is 9.09. The summed E-state index contributed by atoms with van der Waals surface area (Å²) in [5.74, 6) is 2.86. The van der Waals surface area contributed by atoms with Crippen molar-refractivity contribution in [2.24, 2.45) is 11.8 Å². The predicted molar refractivity (Wildman–Crippen MR) is 96.5 cm³/mol. The molecule has 7 nitrogen and oxygen atoms in total. The second-order valence-corrected chi connectivity index (χ2v) is 7.05. The minimum Gasteiger partial charge on any atom is -0.491 e. The third kappa shape index (κ3) is 5.25. The molecule has 2 unspecified atom stereocenters. The van der Waals surface area contributed by atoms with Crippen LogP contribution in [-0.2, 0) is 4.79 Å². The molecule has 1 amide bonds. The number of aliphatic hydroxyl groups excluding tert-OH is 1. The van der Waals surface area contributed by atoms with E-state index in [1.165, 1.54) is 0 Å². The van der Waals surface area contributed by atoms with Crippen LogP contribution in [0.25, 0.3) is 0 Å². The Bertz CT molecular complexity index is 604. The molecule has 1 aromatic carbocycles. The summed E-state index contributed by atoms with van der Waals surface area (Å²) < 4.78 is 16.1. The molecule has 3 rings (SSSR count). The Kier molecular flexibility index (Phi) is 6.57. The molecule has 2 atom stereocenters. The van der Waals surface area contributed by atoms with Gasteiger partial charge in [-0.1, -0.05) is 6.92 Å². The number of piperidine rings is 1.